The van der Waals surface area contributed by atoms with Gasteiger partial charge in [-0.2, -0.15) is 18.3 Å². The van der Waals surface area contributed by atoms with Gasteiger partial charge in [-0.3, -0.25) is 24.5 Å². The third-order valence-corrected chi connectivity index (χ3v) is 8.09. The molecule has 238 valence electrons. The number of alkyl halides is 5. The second kappa shape index (κ2) is 13.4. The van der Waals surface area contributed by atoms with Crippen LogP contribution in [0.5, 0.6) is 0 Å². The molecule has 1 aliphatic carbocycles. The molecule has 44 heavy (non-hydrogen) atoms. The molecule has 1 aromatic carbocycles. The molecule has 1 atom stereocenters. The average Bonchev–Trinajstić information content (AvgIpc) is 3.74. The summed E-state index contributed by atoms with van der Waals surface area (Å²) >= 11 is 0. The summed E-state index contributed by atoms with van der Waals surface area (Å²) in [6.45, 7) is 0.561. The Bertz CT molecular complexity index is 1420. The zero-order chi connectivity index (χ0) is 31.3. The molecule has 3 heterocycles. The van der Waals surface area contributed by atoms with E-state index in [1.165, 1.54) is 41.4 Å². The van der Waals surface area contributed by atoms with Crippen LogP contribution in [0.1, 0.15) is 79.9 Å². The molecule has 2 fully saturated rings. The summed E-state index contributed by atoms with van der Waals surface area (Å²) in [6, 6.07) is 5.67. The lowest BCUT2D eigenvalue weighted by Gasteiger charge is -2.32. The van der Waals surface area contributed by atoms with Gasteiger partial charge >= 0.3 is 12.2 Å². The van der Waals surface area contributed by atoms with Crippen LogP contribution in [0.3, 0.4) is 0 Å². The highest BCUT2D eigenvalue weighted by Gasteiger charge is 2.36. The number of benzene rings is 1. The van der Waals surface area contributed by atoms with Crippen molar-refractivity contribution in [3.8, 4) is 11.3 Å². The molecule has 14 heteroatoms. The van der Waals surface area contributed by atoms with E-state index in [-0.39, 0.29) is 48.4 Å². The van der Waals surface area contributed by atoms with Crippen molar-refractivity contribution >= 4 is 17.8 Å². The topological polar surface area (TPSA) is 105 Å². The maximum Gasteiger partial charge on any atom is 0.417 e. The monoisotopic (exact) mass is 622 g/mol. The van der Waals surface area contributed by atoms with Crippen molar-refractivity contribution in [1.82, 2.24) is 25.0 Å². The van der Waals surface area contributed by atoms with Crippen LogP contribution in [-0.4, -0.2) is 63.1 Å². The lowest BCUT2D eigenvalue weighted by atomic mass is 10.0. The lowest BCUT2D eigenvalue weighted by molar-refractivity contribution is -0.137. The number of likely N-dealkylation sites (tertiary alicyclic amines) is 1. The number of aromatic nitrogens is 3. The van der Waals surface area contributed by atoms with Crippen LogP contribution in [0.4, 0.5) is 28.0 Å². The van der Waals surface area contributed by atoms with Crippen molar-refractivity contribution in [3.63, 3.8) is 0 Å². The van der Waals surface area contributed by atoms with E-state index < -0.39 is 35.5 Å². The molecule has 0 unspecified atom stereocenters. The fraction of sp³-hybridized carbons (Fsp3) is 0.533. The van der Waals surface area contributed by atoms with E-state index in [1.807, 2.05) is 0 Å². The predicted octanol–water partition coefficient (Wildman–Crippen LogP) is 6.31. The minimum Gasteiger partial charge on any atom is -0.432 e. The first-order chi connectivity index (χ1) is 21.0. The standard InChI is InChI=1S/C30H35F5N6O3/c31-29(32)12-6-15-40(19-29)14-5-7-20(17-26(42)38-28-36-13-16-44-28)37-27(43)24-18-25(41(39-24)21-8-1-2-9-21)22-10-3-4-11-23(22)30(33,34)35/h3-4,10-11,13,16,18,20-21H,1-2,5-9,12,14-15,17,19H2,(H,37,43)(H,36,38,42)/t20-/m0/s1. The third-order valence-electron chi connectivity index (χ3n) is 8.09. The summed E-state index contributed by atoms with van der Waals surface area (Å²) in [5.74, 6) is -3.88. The van der Waals surface area contributed by atoms with E-state index >= 15 is 0 Å². The number of rotatable bonds is 11. The zero-order valence-corrected chi connectivity index (χ0v) is 24.1. The van der Waals surface area contributed by atoms with Gasteiger partial charge in [0.15, 0.2) is 5.69 Å². The molecule has 2 amide bonds. The van der Waals surface area contributed by atoms with Crippen molar-refractivity contribution in [1.29, 1.82) is 0 Å². The van der Waals surface area contributed by atoms with Crippen molar-refractivity contribution < 1.29 is 36.0 Å². The Morgan fingerprint density at radius 1 is 1.14 bits per heavy atom. The van der Waals surface area contributed by atoms with Gasteiger partial charge < -0.3 is 9.73 Å². The van der Waals surface area contributed by atoms with Crippen molar-refractivity contribution in [2.24, 2.45) is 0 Å². The summed E-state index contributed by atoms with van der Waals surface area (Å²) in [6.07, 6.45) is 2.08. The van der Waals surface area contributed by atoms with Crippen LogP contribution in [0.25, 0.3) is 11.3 Å². The molecule has 0 radical (unpaired) electrons. The summed E-state index contributed by atoms with van der Waals surface area (Å²) in [5.41, 5.74) is -0.772. The first kappa shape index (κ1) is 31.6. The highest BCUT2D eigenvalue weighted by Crippen LogP contribution is 2.40. The Labute approximate surface area is 251 Å². The van der Waals surface area contributed by atoms with Crippen LogP contribution in [0, 0.1) is 0 Å². The van der Waals surface area contributed by atoms with Gasteiger partial charge in [-0.15, -0.1) is 0 Å². The number of carbonyl (C=O) groups is 2. The van der Waals surface area contributed by atoms with Crippen LogP contribution in [0.2, 0.25) is 0 Å². The Kier molecular flexibility index (Phi) is 9.66. The Morgan fingerprint density at radius 3 is 2.61 bits per heavy atom. The quantitative estimate of drug-likeness (QED) is 0.243. The van der Waals surface area contributed by atoms with E-state index in [2.05, 4.69) is 20.7 Å². The van der Waals surface area contributed by atoms with Crippen LogP contribution in [0.15, 0.2) is 47.2 Å². The molecule has 1 aliphatic heterocycles. The van der Waals surface area contributed by atoms with Gasteiger partial charge in [-0.1, -0.05) is 31.0 Å². The molecule has 2 aromatic heterocycles. The molecule has 3 aromatic rings. The Balaban J connectivity index is 1.35. The fourth-order valence-corrected chi connectivity index (χ4v) is 6.05. The normalized spacial score (nSPS) is 18.3. The fourth-order valence-electron chi connectivity index (χ4n) is 6.05. The van der Waals surface area contributed by atoms with E-state index in [0.29, 0.717) is 32.4 Å². The third kappa shape index (κ3) is 8.01. The highest BCUT2D eigenvalue weighted by atomic mass is 19.4. The number of halogens is 5. The van der Waals surface area contributed by atoms with E-state index in [9.17, 15) is 31.5 Å². The number of hydrogen-bond donors (Lipinski definition) is 2. The Hall–Kier alpha value is -3.81. The van der Waals surface area contributed by atoms with Gasteiger partial charge in [-0.05, 0) is 57.3 Å². The number of oxazole rings is 1. The number of anilines is 1. The number of nitrogens with one attached hydrogen (secondary N) is 2. The number of hydrogen-bond acceptors (Lipinski definition) is 6. The van der Waals surface area contributed by atoms with Crippen LogP contribution >= 0.6 is 0 Å². The van der Waals surface area contributed by atoms with E-state index in [0.717, 1.165) is 31.7 Å². The summed E-state index contributed by atoms with van der Waals surface area (Å²) in [7, 11) is 0. The minimum atomic E-state index is -4.61. The minimum absolute atomic E-state index is 0.0149. The molecule has 5 rings (SSSR count). The van der Waals surface area contributed by atoms with Crippen molar-refractivity contribution in [2.45, 2.75) is 82.0 Å². The van der Waals surface area contributed by atoms with Crippen LogP contribution in [-0.2, 0) is 11.0 Å². The zero-order valence-electron chi connectivity index (χ0n) is 24.1. The second-order valence-electron chi connectivity index (χ2n) is 11.5. The second-order valence-corrected chi connectivity index (χ2v) is 11.5. The molecule has 1 saturated heterocycles. The maximum absolute atomic E-state index is 13.9. The molecular formula is C30H35F5N6O3. The first-order valence-electron chi connectivity index (χ1n) is 14.8. The smallest absolute Gasteiger partial charge is 0.417 e. The summed E-state index contributed by atoms with van der Waals surface area (Å²) in [5, 5.41) is 9.79. The van der Waals surface area contributed by atoms with Gasteiger partial charge in [-0.25, -0.2) is 13.8 Å². The van der Waals surface area contributed by atoms with Gasteiger partial charge in [0.05, 0.1) is 30.0 Å². The number of nitrogens with zero attached hydrogens (tertiary/aromatic N) is 4. The van der Waals surface area contributed by atoms with Crippen molar-refractivity contribution in [2.75, 3.05) is 25.0 Å². The van der Waals surface area contributed by atoms with Crippen LogP contribution < -0.4 is 10.6 Å². The molecule has 0 spiro atoms. The molecule has 0 bridgehead atoms. The summed E-state index contributed by atoms with van der Waals surface area (Å²) in [4.78, 5) is 31.8. The van der Waals surface area contributed by atoms with E-state index in [1.54, 1.807) is 4.90 Å². The molecule has 9 nitrogen and oxygen atoms in total. The number of carbonyl (C=O) groups excluding carboxylic acids is 2. The molecular weight excluding hydrogens is 587 g/mol. The van der Waals surface area contributed by atoms with Gasteiger partial charge in [0.25, 0.3) is 11.8 Å². The lowest BCUT2D eigenvalue weighted by Crippen LogP contribution is -2.43. The van der Waals surface area contributed by atoms with Gasteiger partial charge in [0.1, 0.15) is 6.26 Å². The van der Waals surface area contributed by atoms with Crippen molar-refractivity contribution in [3.05, 3.63) is 54.0 Å². The predicted molar refractivity (Wildman–Crippen MR) is 151 cm³/mol. The van der Waals surface area contributed by atoms with Gasteiger partial charge in [0, 0.05) is 24.4 Å². The Morgan fingerprint density at radius 2 is 1.91 bits per heavy atom. The molecule has 2 N–H and O–H groups in total. The average molecular weight is 623 g/mol. The maximum atomic E-state index is 13.9. The summed E-state index contributed by atoms with van der Waals surface area (Å²) < 4.78 is 76.1. The van der Waals surface area contributed by atoms with Gasteiger partial charge in [0.2, 0.25) is 5.91 Å². The van der Waals surface area contributed by atoms with E-state index in [4.69, 9.17) is 4.42 Å². The molecule has 1 saturated carbocycles. The number of piperidine rings is 1. The first-order valence-corrected chi connectivity index (χ1v) is 14.8. The SMILES string of the molecule is O=C(C[C@H](CCCN1CCCC(F)(F)C1)NC(=O)c1cc(-c2ccccc2C(F)(F)F)n(C2CCCC2)n1)Nc1ncco1. The largest absolute Gasteiger partial charge is 0.432 e. The highest BCUT2D eigenvalue weighted by molar-refractivity contribution is 5.95. The molecule has 2 aliphatic rings. The number of amides is 2.